The third kappa shape index (κ3) is 5.40. The van der Waals surface area contributed by atoms with E-state index in [2.05, 4.69) is 23.9 Å². The molecule has 1 fully saturated rings. The van der Waals surface area contributed by atoms with E-state index in [0.29, 0.717) is 11.5 Å². The third-order valence-corrected chi connectivity index (χ3v) is 6.04. The zero-order valence-electron chi connectivity index (χ0n) is 15.7. The van der Waals surface area contributed by atoms with Gasteiger partial charge in [0.05, 0.1) is 10.9 Å². The molecule has 6 heteroatoms. The molecular weight excluding hydrogens is 360 g/mol. The average molecular weight is 387 g/mol. The highest BCUT2D eigenvalue weighted by atomic mass is 32.2. The van der Waals surface area contributed by atoms with Gasteiger partial charge in [-0.05, 0) is 48.9 Å². The molecule has 1 amide bonds. The number of sulfonamides is 1. The number of rotatable bonds is 8. The summed E-state index contributed by atoms with van der Waals surface area (Å²) in [4.78, 5) is 12.9. The van der Waals surface area contributed by atoms with Crippen molar-refractivity contribution in [3.05, 3.63) is 65.7 Å². The molecule has 0 aliphatic heterocycles. The Bertz CT molecular complexity index is 891. The van der Waals surface area contributed by atoms with Gasteiger partial charge in [0.25, 0.3) is 5.91 Å². The predicted octanol–water partition coefficient (Wildman–Crippen LogP) is 3.64. The molecular formula is C21H26N2O3S. The van der Waals surface area contributed by atoms with Gasteiger partial charge < -0.3 is 5.32 Å². The van der Waals surface area contributed by atoms with Crippen LogP contribution < -0.4 is 10.0 Å². The minimum atomic E-state index is -3.58. The van der Waals surface area contributed by atoms with Crippen LogP contribution in [0.4, 0.5) is 0 Å². The summed E-state index contributed by atoms with van der Waals surface area (Å²) in [7, 11) is -3.58. The zero-order chi connectivity index (χ0) is 19.4. The van der Waals surface area contributed by atoms with E-state index < -0.39 is 10.0 Å². The van der Waals surface area contributed by atoms with Crippen molar-refractivity contribution in [2.75, 3.05) is 0 Å². The van der Waals surface area contributed by atoms with Gasteiger partial charge in [-0.1, -0.05) is 50.2 Å². The van der Waals surface area contributed by atoms with Crippen molar-refractivity contribution in [1.82, 2.24) is 10.0 Å². The summed E-state index contributed by atoms with van der Waals surface area (Å²) in [6.45, 7) is 4.22. The van der Waals surface area contributed by atoms with Crippen molar-refractivity contribution in [2.24, 2.45) is 5.92 Å². The minimum Gasteiger partial charge on any atom is -0.345 e. The van der Waals surface area contributed by atoms with Gasteiger partial charge in [-0.15, -0.1) is 0 Å². The topological polar surface area (TPSA) is 75.3 Å². The van der Waals surface area contributed by atoms with Gasteiger partial charge in [-0.3, -0.25) is 4.79 Å². The Morgan fingerprint density at radius 2 is 1.78 bits per heavy atom. The molecule has 144 valence electrons. The molecule has 2 aromatic rings. The molecule has 0 radical (unpaired) electrons. The molecule has 2 N–H and O–H groups in total. The van der Waals surface area contributed by atoms with Gasteiger partial charge in [0.2, 0.25) is 10.0 Å². The Morgan fingerprint density at radius 3 is 2.41 bits per heavy atom. The fourth-order valence-electron chi connectivity index (χ4n) is 2.97. The molecule has 2 aromatic carbocycles. The summed E-state index contributed by atoms with van der Waals surface area (Å²) in [6.07, 6.45) is 2.54. The van der Waals surface area contributed by atoms with Crippen LogP contribution in [0.15, 0.2) is 59.5 Å². The van der Waals surface area contributed by atoms with E-state index in [9.17, 15) is 13.2 Å². The fraction of sp³-hybridized carbons (Fsp3) is 0.381. The maximum atomic E-state index is 12.8. The molecule has 1 unspecified atom stereocenters. The highest BCUT2D eigenvalue weighted by Crippen LogP contribution is 2.24. The van der Waals surface area contributed by atoms with Crippen molar-refractivity contribution in [3.63, 3.8) is 0 Å². The molecule has 27 heavy (non-hydrogen) atoms. The Kier molecular flexibility index (Phi) is 5.97. The SMILES string of the molecule is CC(C)CC(NC(=O)c1cccc(S(=O)(=O)NC2CC2)c1)c1ccccc1. The second kappa shape index (κ2) is 8.23. The first kappa shape index (κ1) is 19.6. The summed E-state index contributed by atoms with van der Waals surface area (Å²) in [5.41, 5.74) is 1.39. The average Bonchev–Trinajstić information content (AvgIpc) is 3.45. The Labute approximate surface area is 161 Å². The number of nitrogens with one attached hydrogen (secondary N) is 2. The first-order valence-electron chi connectivity index (χ1n) is 9.33. The quantitative estimate of drug-likeness (QED) is 0.727. The van der Waals surface area contributed by atoms with Crippen LogP contribution in [0, 0.1) is 5.92 Å². The lowest BCUT2D eigenvalue weighted by Crippen LogP contribution is -2.30. The van der Waals surface area contributed by atoms with Crippen LogP contribution in [-0.2, 0) is 10.0 Å². The summed E-state index contributed by atoms with van der Waals surface area (Å²) in [6, 6.07) is 15.9. The Hall–Kier alpha value is -2.18. The normalized spacial score (nSPS) is 15.5. The van der Waals surface area contributed by atoms with Crippen LogP contribution in [0.3, 0.4) is 0 Å². The van der Waals surface area contributed by atoms with Crippen LogP contribution in [0.25, 0.3) is 0 Å². The zero-order valence-corrected chi connectivity index (χ0v) is 16.5. The van der Waals surface area contributed by atoms with Crippen molar-refractivity contribution < 1.29 is 13.2 Å². The standard InChI is InChI=1S/C21H26N2O3S/c1-15(2)13-20(16-7-4-3-5-8-16)22-21(24)17-9-6-10-19(14-17)27(25,26)23-18-11-12-18/h3-10,14-15,18,20,23H,11-13H2,1-2H3,(H,22,24). The number of amides is 1. The van der Waals surface area contributed by atoms with Crippen LogP contribution in [-0.4, -0.2) is 20.4 Å². The lowest BCUT2D eigenvalue weighted by molar-refractivity contribution is 0.0931. The molecule has 1 saturated carbocycles. The second-order valence-electron chi connectivity index (χ2n) is 7.49. The van der Waals surface area contributed by atoms with E-state index >= 15 is 0 Å². The van der Waals surface area contributed by atoms with Crippen LogP contribution in [0.1, 0.15) is 55.1 Å². The van der Waals surface area contributed by atoms with E-state index in [1.165, 1.54) is 12.1 Å². The van der Waals surface area contributed by atoms with Crippen molar-refractivity contribution in [1.29, 1.82) is 0 Å². The smallest absolute Gasteiger partial charge is 0.251 e. The maximum absolute atomic E-state index is 12.8. The van der Waals surface area contributed by atoms with Gasteiger partial charge in [0.1, 0.15) is 0 Å². The van der Waals surface area contributed by atoms with E-state index in [1.54, 1.807) is 12.1 Å². The van der Waals surface area contributed by atoms with E-state index in [4.69, 9.17) is 0 Å². The summed E-state index contributed by atoms with van der Waals surface area (Å²) in [5, 5.41) is 3.06. The first-order chi connectivity index (χ1) is 12.8. The monoisotopic (exact) mass is 386 g/mol. The van der Waals surface area contributed by atoms with Crippen molar-refractivity contribution in [2.45, 2.75) is 50.1 Å². The highest BCUT2D eigenvalue weighted by molar-refractivity contribution is 7.89. The van der Waals surface area contributed by atoms with Crippen LogP contribution in [0.2, 0.25) is 0 Å². The predicted molar refractivity (Wildman–Crippen MR) is 106 cm³/mol. The van der Waals surface area contributed by atoms with Gasteiger partial charge in [-0.25, -0.2) is 13.1 Å². The number of hydrogen-bond donors (Lipinski definition) is 2. The molecule has 1 atom stereocenters. The van der Waals surface area contributed by atoms with Gasteiger partial charge >= 0.3 is 0 Å². The summed E-state index contributed by atoms with van der Waals surface area (Å²) < 4.78 is 27.5. The lowest BCUT2D eigenvalue weighted by Gasteiger charge is -2.21. The Balaban J connectivity index is 1.79. The molecule has 0 bridgehead atoms. The lowest BCUT2D eigenvalue weighted by atomic mass is 9.96. The van der Waals surface area contributed by atoms with E-state index in [0.717, 1.165) is 24.8 Å². The van der Waals surface area contributed by atoms with Crippen LogP contribution in [0.5, 0.6) is 0 Å². The Morgan fingerprint density at radius 1 is 1.07 bits per heavy atom. The molecule has 3 rings (SSSR count). The van der Waals surface area contributed by atoms with E-state index in [-0.39, 0.29) is 22.9 Å². The first-order valence-corrected chi connectivity index (χ1v) is 10.8. The highest BCUT2D eigenvalue weighted by Gasteiger charge is 2.28. The second-order valence-corrected chi connectivity index (χ2v) is 9.20. The van der Waals surface area contributed by atoms with Gasteiger partial charge in [0.15, 0.2) is 0 Å². The largest absolute Gasteiger partial charge is 0.345 e. The van der Waals surface area contributed by atoms with Crippen LogP contribution >= 0.6 is 0 Å². The molecule has 0 heterocycles. The van der Waals surface area contributed by atoms with Crippen molar-refractivity contribution >= 4 is 15.9 Å². The number of carbonyl (C=O) groups is 1. The molecule has 0 spiro atoms. The minimum absolute atomic E-state index is 0.0287. The number of hydrogen-bond acceptors (Lipinski definition) is 3. The third-order valence-electron chi connectivity index (χ3n) is 4.52. The molecule has 0 aromatic heterocycles. The summed E-state index contributed by atoms with van der Waals surface area (Å²) >= 11 is 0. The summed E-state index contributed by atoms with van der Waals surface area (Å²) in [5.74, 6) is 0.137. The number of benzene rings is 2. The molecule has 1 aliphatic carbocycles. The van der Waals surface area contributed by atoms with Gasteiger partial charge in [-0.2, -0.15) is 0 Å². The fourth-order valence-corrected chi connectivity index (χ4v) is 4.32. The number of carbonyl (C=O) groups excluding carboxylic acids is 1. The van der Waals surface area contributed by atoms with Gasteiger partial charge in [0, 0.05) is 11.6 Å². The van der Waals surface area contributed by atoms with E-state index in [1.807, 2.05) is 30.3 Å². The molecule has 0 saturated heterocycles. The molecule has 1 aliphatic rings. The van der Waals surface area contributed by atoms with Crippen molar-refractivity contribution in [3.8, 4) is 0 Å². The maximum Gasteiger partial charge on any atom is 0.251 e. The molecule has 5 nitrogen and oxygen atoms in total.